The molecule has 0 radical (unpaired) electrons. The van der Waals surface area contributed by atoms with Crippen molar-refractivity contribution >= 4 is 23.5 Å². The smallest absolute Gasteiger partial charge is 0.0314 e. The fraction of sp³-hybridized carbons (Fsp3) is 0.429. The Morgan fingerprint density at radius 2 is 1.26 bits per heavy atom. The van der Waals surface area contributed by atoms with E-state index in [0.717, 1.165) is 12.8 Å². The summed E-state index contributed by atoms with van der Waals surface area (Å²) >= 11 is 4.05. The number of allylic oxidation sites excluding steroid dienone is 12. The van der Waals surface area contributed by atoms with Gasteiger partial charge in [-0.05, 0) is 33.8 Å². The van der Waals surface area contributed by atoms with Crippen LogP contribution in [0.4, 0.5) is 0 Å². The maximum Gasteiger partial charge on any atom is 0.0314 e. The molecule has 0 spiro atoms. The summed E-state index contributed by atoms with van der Waals surface area (Å²) in [5.41, 5.74) is 3.45. The van der Waals surface area contributed by atoms with Crippen molar-refractivity contribution in [1.82, 2.24) is 0 Å². The van der Waals surface area contributed by atoms with Gasteiger partial charge in [0.15, 0.2) is 0 Å². The van der Waals surface area contributed by atoms with Gasteiger partial charge in [0.05, 0.1) is 0 Å². The van der Waals surface area contributed by atoms with Gasteiger partial charge in [-0.25, -0.2) is 0 Å². The molecule has 4 rings (SSSR count). The molecule has 0 aromatic heterocycles. The Hall–Kier alpha value is -0.860. The summed E-state index contributed by atoms with van der Waals surface area (Å²) < 4.78 is 0. The first-order chi connectivity index (χ1) is 11.1. The molecule has 0 saturated heterocycles. The van der Waals surface area contributed by atoms with Gasteiger partial charge in [0.1, 0.15) is 0 Å². The fourth-order valence-corrected chi connectivity index (χ4v) is 7.26. The molecule has 2 aliphatic heterocycles. The van der Waals surface area contributed by atoms with Gasteiger partial charge >= 0.3 is 0 Å². The quantitative estimate of drug-likeness (QED) is 0.541. The molecule has 0 amide bonds. The van der Waals surface area contributed by atoms with E-state index < -0.39 is 0 Å². The van der Waals surface area contributed by atoms with Crippen molar-refractivity contribution < 1.29 is 0 Å². The molecule has 4 aliphatic rings. The zero-order valence-corrected chi connectivity index (χ0v) is 16.0. The van der Waals surface area contributed by atoms with Gasteiger partial charge < -0.3 is 0 Å². The highest BCUT2D eigenvalue weighted by atomic mass is 32.2. The molecular weight excluding hydrogens is 316 g/mol. The highest BCUT2D eigenvalue weighted by Gasteiger charge is 2.46. The minimum atomic E-state index is 0.126. The van der Waals surface area contributed by atoms with Crippen LogP contribution < -0.4 is 0 Å². The topological polar surface area (TPSA) is 0 Å². The predicted molar refractivity (Wildman–Crippen MR) is 105 cm³/mol. The average molecular weight is 341 g/mol. The normalized spacial score (nSPS) is 28.7. The zero-order chi connectivity index (χ0) is 16.2. The van der Waals surface area contributed by atoms with E-state index in [1.807, 2.05) is 23.5 Å². The van der Waals surface area contributed by atoms with Crippen molar-refractivity contribution in [3.63, 3.8) is 0 Å². The molecule has 0 nitrogen and oxygen atoms in total. The molecule has 0 aromatic carbocycles. The van der Waals surface area contributed by atoms with Crippen LogP contribution in [-0.2, 0) is 0 Å². The maximum atomic E-state index is 2.47. The molecule has 0 aromatic rings. The van der Waals surface area contributed by atoms with E-state index in [0.29, 0.717) is 11.8 Å². The lowest BCUT2D eigenvalue weighted by Gasteiger charge is -2.35. The van der Waals surface area contributed by atoms with E-state index in [1.165, 1.54) is 9.81 Å². The van der Waals surface area contributed by atoms with Crippen molar-refractivity contribution in [2.45, 2.75) is 40.5 Å². The van der Waals surface area contributed by atoms with Crippen LogP contribution in [0.25, 0.3) is 0 Å². The lowest BCUT2D eigenvalue weighted by Crippen LogP contribution is -2.25. The summed E-state index contributed by atoms with van der Waals surface area (Å²) in [7, 11) is 0. The molecule has 0 N–H and O–H groups in total. The SMILES string of the molecule is CCC1=C(C(C)(C)C2=C(CC)SC3=CC=CC32)C2C=CC=C2S1. The van der Waals surface area contributed by atoms with Crippen LogP contribution in [-0.4, -0.2) is 0 Å². The molecule has 2 unspecified atom stereocenters. The Morgan fingerprint density at radius 1 is 0.826 bits per heavy atom. The zero-order valence-electron chi connectivity index (χ0n) is 14.3. The number of thioether (sulfide) groups is 2. The van der Waals surface area contributed by atoms with E-state index in [9.17, 15) is 0 Å². The van der Waals surface area contributed by atoms with Gasteiger partial charge in [-0.1, -0.05) is 87.7 Å². The van der Waals surface area contributed by atoms with Gasteiger partial charge in [-0.3, -0.25) is 0 Å². The van der Waals surface area contributed by atoms with Crippen molar-refractivity contribution in [2.75, 3.05) is 0 Å². The third kappa shape index (κ3) is 2.21. The van der Waals surface area contributed by atoms with Crippen molar-refractivity contribution in [1.29, 1.82) is 0 Å². The van der Waals surface area contributed by atoms with E-state index >= 15 is 0 Å². The molecule has 0 saturated carbocycles. The van der Waals surface area contributed by atoms with E-state index in [-0.39, 0.29) is 5.41 Å². The first-order valence-electron chi connectivity index (χ1n) is 8.67. The Balaban J connectivity index is 1.83. The first kappa shape index (κ1) is 15.7. The number of rotatable bonds is 4. The number of fused-ring (bicyclic) bond motifs is 2. The minimum absolute atomic E-state index is 0.126. The van der Waals surface area contributed by atoms with Crippen LogP contribution in [0.5, 0.6) is 0 Å². The summed E-state index contributed by atoms with van der Waals surface area (Å²) in [6, 6.07) is 0. The summed E-state index contributed by atoms with van der Waals surface area (Å²) in [4.78, 5) is 6.27. The molecule has 2 heteroatoms. The lowest BCUT2D eigenvalue weighted by molar-refractivity contribution is 0.473. The summed E-state index contributed by atoms with van der Waals surface area (Å²) in [6.45, 7) is 9.55. The molecule has 120 valence electrons. The van der Waals surface area contributed by atoms with Crippen molar-refractivity contribution in [3.8, 4) is 0 Å². The first-order valence-corrected chi connectivity index (χ1v) is 10.3. The van der Waals surface area contributed by atoms with Crippen LogP contribution in [0, 0.1) is 17.3 Å². The van der Waals surface area contributed by atoms with Gasteiger partial charge in [-0.15, -0.1) is 0 Å². The van der Waals surface area contributed by atoms with Gasteiger partial charge in [0.25, 0.3) is 0 Å². The molecule has 2 heterocycles. The van der Waals surface area contributed by atoms with Crippen LogP contribution in [0.1, 0.15) is 40.5 Å². The van der Waals surface area contributed by atoms with Crippen LogP contribution in [0.2, 0.25) is 0 Å². The van der Waals surface area contributed by atoms with E-state index in [1.54, 1.807) is 21.0 Å². The largest absolute Gasteiger partial charge is 0.0980 e. The molecule has 2 atom stereocenters. The summed E-state index contributed by atoms with van der Waals surface area (Å²) in [5, 5.41) is 0. The van der Waals surface area contributed by atoms with Gasteiger partial charge in [-0.2, -0.15) is 0 Å². The number of hydrogen-bond donors (Lipinski definition) is 0. The molecule has 0 fully saturated rings. The Bertz CT molecular complexity index is 676. The lowest BCUT2D eigenvalue weighted by atomic mass is 9.68. The monoisotopic (exact) mass is 340 g/mol. The molecular formula is C21H24S2. The Morgan fingerprint density at radius 3 is 1.65 bits per heavy atom. The maximum absolute atomic E-state index is 2.47. The van der Waals surface area contributed by atoms with Crippen molar-refractivity contribution in [2.24, 2.45) is 17.3 Å². The molecule has 0 bridgehead atoms. The Kier molecular flexibility index (Phi) is 3.81. The van der Waals surface area contributed by atoms with E-state index in [2.05, 4.69) is 64.2 Å². The van der Waals surface area contributed by atoms with Gasteiger partial charge in [0, 0.05) is 27.1 Å². The third-order valence-electron chi connectivity index (χ3n) is 5.43. The summed E-state index contributed by atoms with van der Waals surface area (Å²) in [5.74, 6) is 1.05. The predicted octanol–water partition coefficient (Wildman–Crippen LogP) is 6.97. The van der Waals surface area contributed by atoms with Crippen LogP contribution in [0.3, 0.4) is 0 Å². The molecule has 23 heavy (non-hydrogen) atoms. The standard InChI is InChI=1S/C21H24S2/c1-5-15-19(13-9-7-11-17(13)22-15)21(3,4)20-14-10-8-12-18(14)23-16(20)6-2/h7-14H,5-6H2,1-4H3. The highest BCUT2D eigenvalue weighted by Crippen LogP contribution is 2.62. The minimum Gasteiger partial charge on any atom is -0.0980 e. The van der Waals surface area contributed by atoms with Crippen LogP contribution in [0.15, 0.2) is 67.2 Å². The number of hydrogen-bond acceptors (Lipinski definition) is 2. The fourth-order valence-electron chi connectivity index (χ4n) is 4.48. The second kappa shape index (κ2) is 5.60. The Labute approximate surface area is 148 Å². The van der Waals surface area contributed by atoms with Crippen molar-refractivity contribution in [3.05, 3.63) is 67.2 Å². The summed E-state index contributed by atoms with van der Waals surface area (Å²) in [6.07, 6.45) is 16.2. The highest BCUT2D eigenvalue weighted by molar-refractivity contribution is 8.07. The second-order valence-electron chi connectivity index (χ2n) is 7.07. The van der Waals surface area contributed by atoms with Gasteiger partial charge in [0.2, 0.25) is 0 Å². The second-order valence-corrected chi connectivity index (χ2v) is 9.41. The third-order valence-corrected chi connectivity index (χ3v) is 8.20. The van der Waals surface area contributed by atoms with E-state index in [4.69, 9.17) is 0 Å². The van der Waals surface area contributed by atoms with Crippen LogP contribution >= 0.6 is 23.5 Å². The molecule has 2 aliphatic carbocycles. The average Bonchev–Trinajstić information content (AvgIpc) is 3.24.